The molecule has 1 aliphatic rings. The highest BCUT2D eigenvalue weighted by atomic mass is 16.5. The largest absolute Gasteiger partial charge is 0.460 e. The molecule has 3 nitrogen and oxygen atoms in total. The molecule has 0 spiro atoms. The third-order valence-electron chi connectivity index (χ3n) is 2.68. The van der Waals surface area contributed by atoms with Crippen molar-refractivity contribution in [2.75, 3.05) is 0 Å². The van der Waals surface area contributed by atoms with Gasteiger partial charge in [0, 0.05) is 6.08 Å². The minimum atomic E-state index is -0.177. The number of hydrogen-bond donors (Lipinski definition) is 0. The molecular formula is C12H22O3. The summed E-state index contributed by atoms with van der Waals surface area (Å²) in [5.41, 5.74) is 1.14. The fraction of sp³-hybridized carbons (Fsp3) is 0.750. The summed E-state index contributed by atoms with van der Waals surface area (Å²) < 4.78 is 5.25. The summed E-state index contributed by atoms with van der Waals surface area (Å²) in [5, 5.41) is 0. The van der Waals surface area contributed by atoms with E-state index >= 15 is 0 Å². The molecule has 1 heterocycles. The quantitative estimate of drug-likeness (QED) is 0.581. The second-order valence-corrected chi connectivity index (χ2v) is 4.47. The van der Waals surface area contributed by atoms with E-state index in [0.717, 1.165) is 18.4 Å². The van der Waals surface area contributed by atoms with E-state index in [2.05, 4.69) is 6.92 Å². The van der Waals surface area contributed by atoms with Crippen LogP contribution in [0.4, 0.5) is 0 Å². The van der Waals surface area contributed by atoms with Gasteiger partial charge in [-0.3, -0.25) is 0 Å². The van der Waals surface area contributed by atoms with Crippen LogP contribution in [0.5, 0.6) is 0 Å². The van der Waals surface area contributed by atoms with Crippen molar-refractivity contribution in [3.63, 3.8) is 0 Å². The lowest BCUT2D eigenvalue weighted by atomic mass is 9.96. The van der Waals surface area contributed by atoms with Gasteiger partial charge in [-0.2, -0.15) is 0 Å². The van der Waals surface area contributed by atoms with E-state index in [1.54, 1.807) is 6.08 Å². The molecule has 2 N–H and O–H groups in total. The lowest BCUT2D eigenvalue weighted by Crippen LogP contribution is -2.17. The molecule has 3 heteroatoms. The van der Waals surface area contributed by atoms with Crippen LogP contribution in [0.25, 0.3) is 0 Å². The Labute approximate surface area is 91.8 Å². The molecule has 1 aliphatic heterocycles. The fourth-order valence-electron chi connectivity index (χ4n) is 1.97. The molecule has 0 saturated heterocycles. The van der Waals surface area contributed by atoms with Gasteiger partial charge in [-0.1, -0.05) is 18.9 Å². The van der Waals surface area contributed by atoms with Gasteiger partial charge >= 0.3 is 5.97 Å². The highest BCUT2D eigenvalue weighted by Crippen LogP contribution is 2.19. The van der Waals surface area contributed by atoms with E-state index in [4.69, 9.17) is 4.74 Å². The smallest absolute Gasteiger partial charge is 0.330 e. The van der Waals surface area contributed by atoms with Gasteiger partial charge in [-0.15, -0.1) is 0 Å². The van der Waals surface area contributed by atoms with Gasteiger partial charge in [0.2, 0.25) is 0 Å². The first-order valence-corrected chi connectivity index (χ1v) is 5.45. The van der Waals surface area contributed by atoms with Crippen molar-refractivity contribution in [2.45, 2.75) is 52.6 Å². The predicted molar refractivity (Wildman–Crippen MR) is 60.6 cm³/mol. The maximum atomic E-state index is 11.3. The van der Waals surface area contributed by atoms with Crippen LogP contribution in [0.3, 0.4) is 0 Å². The van der Waals surface area contributed by atoms with E-state index < -0.39 is 0 Å². The molecule has 0 amide bonds. The van der Waals surface area contributed by atoms with Crippen LogP contribution in [-0.2, 0) is 9.53 Å². The Kier molecular flexibility index (Phi) is 6.25. The molecule has 1 rings (SSSR count). The van der Waals surface area contributed by atoms with E-state index in [9.17, 15) is 4.79 Å². The highest BCUT2D eigenvalue weighted by Gasteiger charge is 2.14. The van der Waals surface area contributed by atoms with E-state index in [-0.39, 0.29) is 17.5 Å². The second kappa shape index (κ2) is 6.62. The highest BCUT2D eigenvalue weighted by molar-refractivity contribution is 5.82. The average Bonchev–Trinajstić information content (AvgIpc) is 2.01. The standard InChI is InChI=1S/C12H20O2.H2O/c1-9-5-4-6-10(2)8-12(13)14-11(3)7-9;/h8-9,11H,4-7H2,1-3H3;1H2/b10-8-;. The molecule has 0 aromatic carbocycles. The molecule has 0 aromatic rings. The summed E-state index contributed by atoms with van der Waals surface area (Å²) in [5.74, 6) is 0.479. The number of rotatable bonds is 0. The number of carbonyl (C=O) groups is 1. The first-order chi connectivity index (χ1) is 6.58. The number of cyclic esters (lactones) is 1. The second-order valence-electron chi connectivity index (χ2n) is 4.47. The Hall–Kier alpha value is -0.830. The Morgan fingerprint density at radius 2 is 2.07 bits per heavy atom. The zero-order valence-corrected chi connectivity index (χ0v) is 9.88. The van der Waals surface area contributed by atoms with Crippen molar-refractivity contribution in [1.82, 2.24) is 0 Å². The molecule has 0 aliphatic carbocycles. The molecule has 0 fully saturated rings. The summed E-state index contributed by atoms with van der Waals surface area (Å²) in [6, 6.07) is 0. The maximum Gasteiger partial charge on any atom is 0.330 e. The summed E-state index contributed by atoms with van der Waals surface area (Å²) in [7, 11) is 0. The molecule has 0 aromatic heterocycles. The normalized spacial score (nSPS) is 31.9. The zero-order chi connectivity index (χ0) is 10.6. The van der Waals surface area contributed by atoms with E-state index in [1.807, 2.05) is 13.8 Å². The Bertz CT molecular complexity index is 233. The molecule has 0 radical (unpaired) electrons. The number of ether oxygens (including phenoxy) is 1. The first kappa shape index (κ1) is 14.2. The minimum absolute atomic E-state index is 0. The fourth-order valence-corrected chi connectivity index (χ4v) is 1.97. The van der Waals surface area contributed by atoms with Crippen LogP contribution < -0.4 is 0 Å². The van der Waals surface area contributed by atoms with E-state index in [1.165, 1.54) is 12.8 Å². The monoisotopic (exact) mass is 214 g/mol. The average molecular weight is 214 g/mol. The Morgan fingerprint density at radius 3 is 2.73 bits per heavy atom. The van der Waals surface area contributed by atoms with E-state index in [0.29, 0.717) is 5.92 Å². The number of carbonyl (C=O) groups excluding carboxylic acids is 1. The molecule has 2 atom stereocenters. The predicted octanol–water partition coefficient (Wildman–Crippen LogP) is 2.25. The summed E-state index contributed by atoms with van der Waals surface area (Å²) in [4.78, 5) is 11.3. The number of esters is 1. The molecule has 2 unspecified atom stereocenters. The third-order valence-corrected chi connectivity index (χ3v) is 2.68. The van der Waals surface area contributed by atoms with Crippen LogP contribution in [0.2, 0.25) is 0 Å². The van der Waals surface area contributed by atoms with Crippen molar-refractivity contribution >= 4 is 5.97 Å². The number of hydrogen-bond acceptors (Lipinski definition) is 2. The van der Waals surface area contributed by atoms with Gasteiger partial charge in [0.25, 0.3) is 0 Å². The molecular weight excluding hydrogens is 192 g/mol. The summed E-state index contributed by atoms with van der Waals surface area (Å²) in [6.45, 7) is 6.20. The molecule has 15 heavy (non-hydrogen) atoms. The first-order valence-electron chi connectivity index (χ1n) is 5.45. The van der Waals surface area contributed by atoms with Gasteiger partial charge in [0.1, 0.15) is 0 Å². The molecule has 88 valence electrons. The lowest BCUT2D eigenvalue weighted by Gasteiger charge is -2.19. The topological polar surface area (TPSA) is 57.8 Å². The molecule has 0 bridgehead atoms. The molecule has 0 saturated carbocycles. The van der Waals surface area contributed by atoms with Crippen molar-refractivity contribution in [2.24, 2.45) is 5.92 Å². The summed E-state index contributed by atoms with van der Waals surface area (Å²) in [6.07, 6.45) is 6.11. The van der Waals surface area contributed by atoms with Gasteiger partial charge in [0.05, 0.1) is 6.10 Å². The van der Waals surface area contributed by atoms with Crippen LogP contribution in [-0.4, -0.2) is 17.5 Å². The Balaban J connectivity index is 0.00000196. The van der Waals surface area contributed by atoms with Crippen molar-refractivity contribution in [1.29, 1.82) is 0 Å². The Morgan fingerprint density at radius 1 is 1.40 bits per heavy atom. The minimum Gasteiger partial charge on any atom is -0.460 e. The SMILES string of the molecule is C/C1=C/C(=O)OC(C)CC(C)CCC1.O. The third kappa shape index (κ3) is 5.57. The van der Waals surface area contributed by atoms with Crippen LogP contribution >= 0.6 is 0 Å². The van der Waals surface area contributed by atoms with Crippen molar-refractivity contribution in [3.8, 4) is 0 Å². The van der Waals surface area contributed by atoms with Crippen molar-refractivity contribution in [3.05, 3.63) is 11.6 Å². The summed E-state index contributed by atoms with van der Waals surface area (Å²) >= 11 is 0. The van der Waals surface area contributed by atoms with Gasteiger partial charge < -0.3 is 10.2 Å². The van der Waals surface area contributed by atoms with Crippen LogP contribution in [0, 0.1) is 5.92 Å². The van der Waals surface area contributed by atoms with Crippen molar-refractivity contribution < 1.29 is 15.0 Å². The maximum absolute atomic E-state index is 11.3. The van der Waals surface area contributed by atoms with Gasteiger partial charge in [-0.25, -0.2) is 4.79 Å². The van der Waals surface area contributed by atoms with Gasteiger partial charge in [0.15, 0.2) is 0 Å². The van der Waals surface area contributed by atoms with Crippen LogP contribution in [0.1, 0.15) is 46.5 Å². The number of allylic oxidation sites excluding steroid dienone is 1. The zero-order valence-electron chi connectivity index (χ0n) is 9.88. The van der Waals surface area contributed by atoms with Gasteiger partial charge in [-0.05, 0) is 39.0 Å². The lowest BCUT2D eigenvalue weighted by molar-refractivity contribution is -0.143. The van der Waals surface area contributed by atoms with Crippen LogP contribution in [0.15, 0.2) is 11.6 Å².